The van der Waals surface area contributed by atoms with Gasteiger partial charge in [-0.1, -0.05) is 15.9 Å². The zero-order valence-corrected chi connectivity index (χ0v) is 14.1. The number of hydrogen-bond acceptors (Lipinski definition) is 2. The van der Waals surface area contributed by atoms with Gasteiger partial charge < -0.3 is 4.74 Å². The third kappa shape index (κ3) is 3.57. The molecule has 0 aromatic heterocycles. The van der Waals surface area contributed by atoms with E-state index in [1.807, 2.05) is 37.3 Å². The lowest BCUT2D eigenvalue weighted by Crippen LogP contribution is -2.04. The molecule has 19 heavy (non-hydrogen) atoms. The second-order valence-corrected chi connectivity index (χ2v) is 5.99. The van der Waals surface area contributed by atoms with Crippen molar-refractivity contribution in [2.45, 2.75) is 6.92 Å². The molecule has 0 bridgehead atoms. The van der Waals surface area contributed by atoms with Crippen LogP contribution in [0.1, 0.15) is 22.8 Å². The number of halogens is 2. The smallest absolute Gasteiger partial charge is 0.194 e. The molecule has 0 spiro atoms. The summed E-state index contributed by atoms with van der Waals surface area (Å²) in [6, 6.07) is 12.9. The standard InChI is InChI=1S/C15H12BrIO2/c1-2-19-12-6-3-10(4-7-12)15(18)13-9-11(16)5-8-14(13)17/h3-9H,2H2,1H3. The van der Waals surface area contributed by atoms with E-state index in [0.717, 1.165) is 13.8 Å². The van der Waals surface area contributed by atoms with Gasteiger partial charge in [0.15, 0.2) is 5.78 Å². The van der Waals surface area contributed by atoms with Crippen LogP contribution in [0.25, 0.3) is 0 Å². The van der Waals surface area contributed by atoms with E-state index in [-0.39, 0.29) is 5.78 Å². The maximum absolute atomic E-state index is 12.4. The van der Waals surface area contributed by atoms with Crippen molar-refractivity contribution < 1.29 is 9.53 Å². The topological polar surface area (TPSA) is 26.3 Å². The molecule has 0 N–H and O–H groups in total. The number of hydrogen-bond donors (Lipinski definition) is 0. The fourth-order valence-corrected chi connectivity index (χ4v) is 2.64. The molecule has 0 aliphatic heterocycles. The molecule has 0 aliphatic carbocycles. The second-order valence-electron chi connectivity index (χ2n) is 3.91. The van der Waals surface area contributed by atoms with Gasteiger partial charge in [-0.05, 0) is 72.0 Å². The van der Waals surface area contributed by atoms with E-state index in [0.29, 0.717) is 17.7 Å². The number of ether oxygens (including phenoxy) is 1. The van der Waals surface area contributed by atoms with Crippen LogP contribution in [0.5, 0.6) is 5.75 Å². The van der Waals surface area contributed by atoms with Gasteiger partial charge in [-0.2, -0.15) is 0 Å². The van der Waals surface area contributed by atoms with E-state index in [1.54, 1.807) is 12.1 Å². The lowest BCUT2D eigenvalue weighted by atomic mass is 10.0. The first kappa shape index (κ1) is 14.5. The Morgan fingerprint density at radius 1 is 1.21 bits per heavy atom. The highest BCUT2D eigenvalue weighted by atomic mass is 127. The van der Waals surface area contributed by atoms with Gasteiger partial charge in [0.05, 0.1) is 6.61 Å². The highest BCUT2D eigenvalue weighted by Crippen LogP contribution is 2.22. The summed E-state index contributed by atoms with van der Waals surface area (Å²) in [6.07, 6.45) is 0. The summed E-state index contributed by atoms with van der Waals surface area (Å²) < 4.78 is 7.22. The number of ketones is 1. The van der Waals surface area contributed by atoms with Crippen LogP contribution >= 0.6 is 38.5 Å². The highest BCUT2D eigenvalue weighted by Gasteiger charge is 2.13. The van der Waals surface area contributed by atoms with Crippen LogP contribution in [-0.4, -0.2) is 12.4 Å². The number of rotatable bonds is 4. The van der Waals surface area contributed by atoms with Gasteiger partial charge in [0.25, 0.3) is 0 Å². The minimum absolute atomic E-state index is 0.0220. The first-order chi connectivity index (χ1) is 9.11. The Balaban J connectivity index is 2.30. The summed E-state index contributed by atoms with van der Waals surface area (Å²) in [6.45, 7) is 2.56. The minimum atomic E-state index is 0.0220. The number of carbonyl (C=O) groups is 1. The first-order valence-corrected chi connectivity index (χ1v) is 7.71. The molecular formula is C15H12BrIO2. The molecule has 0 unspecified atom stereocenters. The van der Waals surface area contributed by atoms with Crippen molar-refractivity contribution in [3.8, 4) is 5.75 Å². The van der Waals surface area contributed by atoms with Crippen LogP contribution in [0.4, 0.5) is 0 Å². The van der Waals surface area contributed by atoms with Crippen LogP contribution in [-0.2, 0) is 0 Å². The maximum Gasteiger partial charge on any atom is 0.194 e. The van der Waals surface area contributed by atoms with E-state index >= 15 is 0 Å². The molecule has 2 aromatic rings. The average Bonchev–Trinajstić information content (AvgIpc) is 2.42. The van der Waals surface area contributed by atoms with Gasteiger partial charge >= 0.3 is 0 Å². The molecule has 2 rings (SSSR count). The molecule has 0 heterocycles. The van der Waals surface area contributed by atoms with Crippen molar-refractivity contribution in [1.82, 2.24) is 0 Å². The summed E-state index contributed by atoms with van der Waals surface area (Å²) in [4.78, 5) is 12.4. The molecule has 2 aromatic carbocycles. The van der Waals surface area contributed by atoms with Crippen molar-refractivity contribution in [2.75, 3.05) is 6.61 Å². The van der Waals surface area contributed by atoms with Crippen molar-refractivity contribution in [1.29, 1.82) is 0 Å². The Labute approximate surface area is 134 Å². The fourth-order valence-electron chi connectivity index (χ4n) is 1.70. The van der Waals surface area contributed by atoms with Gasteiger partial charge in [-0.3, -0.25) is 4.79 Å². The summed E-state index contributed by atoms with van der Waals surface area (Å²) in [5, 5.41) is 0. The quantitative estimate of drug-likeness (QED) is 0.519. The van der Waals surface area contributed by atoms with E-state index in [4.69, 9.17) is 4.74 Å². The first-order valence-electron chi connectivity index (χ1n) is 5.84. The van der Waals surface area contributed by atoms with Gasteiger partial charge in [-0.25, -0.2) is 0 Å². The van der Waals surface area contributed by atoms with Crippen molar-refractivity contribution >= 4 is 44.3 Å². The Morgan fingerprint density at radius 2 is 1.89 bits per heavy atom. The lowest BCUT2D eigenvalue weighted by molar-refractivity contribution is 0.103. The Hall–Kier alpha value is -0.880. The molecule has 2 nitrogen and oxygen atoms in total. The van der Waals surface area contributed by atoms with Crippen LogP contribution in [0.2, 0.25) is 0 Å². The predicted octanol–water partition coefficient (Wildman–Crippen LogP) is 4.68. The van der Waals surface area contributed by atoms with Gasteiger partial charge in [0.1, 0.15) is 5.75 Å². The lowest BCUT2D eigenvalue weighted by Gasteiger charge is -2.06. The normalized spacial score (nSPS) is 10.3. The zero-order chi connectivity index (χ0) is 13.8. The summed E-state index contributed by atoms with van der Waals surface area (Å²) in [5.74, 6) is 0.803. The maximum atomic E-state index is 12.4. The molecule has 0 radical (unpaired) electrons. The molecule has 0 atom stereocenters. The SMILES string of the molecule is CCOc1ccc(C(=O)c2cc(Br)ccc2I)cc1. The molecule has 0 aliphatic rings. The van der Waals surface area contributed by atoms with Crippen LogP contribution in [0.15, 0.2) is 46.9 Å². The highest BCUT2D eigenvalue weighted by molar-refractivity contribution is 14.1. The summed E-state index contributed by atoms with van der Waals surface area (Å²) in [5.41, 5.74) is 1.37. The fraction of sp³-hybridized carbons (Fsp3) is 0.133. The van der Waals surface area contributed by atoms with Crippen LogP contribution in [0, 0.1) is 3.57 Å². The molecule has 98 valence electrons. The monoisotopic (exact) mass is 430 g/mol. The van der Waals surface area contributed by atoms with Crippen molar-refractivity contribution in [3.05, 3.63) is 61.6 Å². The second kappa shape index (κ2) is 6.52. The van der Waals surface area contributed by atoms with E-state index in [9.17, 15) is 4.79 Å². The number of benzene rings is 2. The zero-order valence-electron chi connectivity index (χ0n) is 10.3. The molecule has 0 fully saturated rings. The van der Waals surface area contributed by atoms with Gasteiger partial charge in [-0.15, -0.1) is 0 Å². The largest absolute Gasteiger partial charge is 0.494 e. The molecule has 0 saturated heterocycles. The van der Waals surface area contributed by atoms with Crippen LogP contribution < -0.4 is 4.74 Å². The van der Waals surface area contributed by atoms with Gasteiger partial charge in [0, 0.05) is 19.2 Å². The van der Waals surface area contributed by atoms with E-state index in [2.05, 4.69) is 38.5 Å². The summed E-state index contributed by atoms with van der Waals surface area (Å²) >= 11 is 5.57. The van der Waals surface area contributed by atoms with Crippen LogP contribution in [0.3, 0.4) is 0 Å². The third-order valence-corrected chi connectivity index (χ3v) is 4.03. The third-order valence-electron chi connectivity index (χ3n) is 2.60. The average molecular weight is 431 g/mol. The molecule has 0 amide bonds. The van der Waals surface area contributed by atoms with Crippen molar-refractivity contribution in [2.24, 2.45) is 0 Å². The molecule has 4 heteroatoms. The minimum Gasteiger partial charge on any atom is -0.494 e. The number of carbonyl (C=O) groups excluding carboxylic acids is 1. The van der Waals surface area contributed by atoms with Gasteiger partial charge in [0.2, 0.25) is 0 Å². The van der Waals surface area contributed by atoms with Crippen molar-refractivity contribution in [3.63, 3.8) is 0 Å². The predicted molar refractivity (Wildman–Crippen MR) is 87.9 cm³/mol. The van der Waals surface area contributed by atoms with E-state index in [1.165, 1.54) is 0 Å². The molecular weight excluding hydrogens is 419 g/mol. The van der Waals surface area contributed by atoms with E-state index < -0.39 is 0 Å². The Kier molecular flexibility index (Phi) is 4.99. The Morgan fingerprint density at radius 3 is 2.53 bits per heavy atom. The summed E-state index contributed by atoms with van der Waals surface area (Å²) in [7, 11) is 0. The molecule has 0 saturated carbocycles. The Bertz CT molecular complexity index is 594.